The van der Waals surface area contributed by atoms with E-state index in [9.17, 15) is 9.90 Å². The number of nitrogens with one attached hydrogen (secondary N) is 2. The maximum absolute atomic E-state index is 11.7. The SMILES string of the molecule is CCNC(=O)c1ccc(NC(C)C(CO)SC)c(N)c1. The quantitative estimate of drug-likeness (QED) is 0.574. The zero-order valence-corrected chi connectivity index (χ0v) is 13.0. The zero-order chi connectivity index (χ0) is 15.1. The monoisotopic (exact) mass is 297 g/mol. The van der Waals surface area contributed by atoms with Crippen molar-refractivity contribution in [3.05, 3.63) is 23.8 Å². The van der Waals surface area contributed by atoms with E-state index in [1.807, 2.05) is 20.1 Å². The molecule has 5 N–H and O–H groups in total. The molecule has 1 aromatic rings. The molecule has 0 fully saturated rings. The molecule has 2 atom stereocenters. The van der Waals surface area contributed by atoms with E-state index >= 15 is 0 Å². The molecular formula is C14H23N3O2S. The number of rotatable bonds is 7. The molecule has 0 saturated carbocycles. The molecule has 0 aliphatic rings. The minimum Gasteiger partial charge on any atom is -0.397 e. The average Bonchev–Trinajstić information content (AvgIpc) is 2.42. The number of aliphatic hydroxyl groups excluding tert-OH is 1. The summed E-state index contributed by atoms with van der Waals surface area (Å²) < 4.78 is 0. The van der Waals surface area contributed by atoms with Crippen molar-refractivity contribution in [3.63, 3.8) is 0 Å². The van der Waals surface area contributed by atoms with Gasteiger partial charge in [0, 0.05) is 23.4 Å². The van der Waals surface area contributed by atoms with Gasteiger partial charge in [-0.25, -0.2) is 0 Å². The van der Waals surface area contributed by atoms with Gasteiger partial charge in [0.15, 0.2) is 0 Å². The molecule has 0 radical (unpaired) electrons. The van der Waals surface area contributed by atoms with Crippen LogP contribution in [0.4, 0.5) is 11.4 Å². The molecule has 0 spiro atoms. The normalized spacial score (nSPS) is 13.6. The van der Waals surface area contributed by atoms with Gasteiger partial charge in [0.1, 0.15) is 0 Å². The molecule has 0 saturated heterocycles. The number of carbonyl (C=O) groups excluding carboxylic acids is 1. The zero-order valence-electron chi connectivity index (χ0n) is 12.1. The molecule has 2 unspecified atom stereocenters. The molecule has 0 aliphatic heterocycles. The lowest BCUT2D eigenvalue weighted by atomic mass is 10.1. The Kier molecular flexibility index (Phi) is 6.67. The van der Waals surface area contributed by atoms with Crippen LogP contribution in [-0.4, -0.2) is 41.7 Å². The van der Waals surface area contributed by atoms with Gasteiger partial charge in [-0.1, -0.05) is 0 Å². The third-order valence-electron chi connectivity index (χ3n) is 3.07. The van der Waals surface area contributed by atoms with Gasteiger partial charge in [-0.15, -0.1) is 0 Å². The van der Waals surface area contributed by atoms with Crippen LogP contribution in [0.5, 0.6) is 0 Å². The molecule has 5 nitrogen and oxygen atoms in total. The highest BCUT2D eigenvalue weighted by molar-refractivity contribution is 7.99. The van der Waals surface area contributed by atoms with Crippen LogP contribution < -0.4 is 16.4 Å². The van der Waals surface area contributed by atoms with Crippen molar-refractivity contribution < 1.29 is 9.90 Å². The Morgan fingerprint density at radius 3 is 2.70 bits per heavy atom. The third-order valence-corrected chi connectivity index (χ3v) is 4.24. The Hall–Kier alpha value is -1.40. The first-order chi connectivity index (χ1) is 9.53. The number of nitrogens with two attached hydrogens (primary N) is 1. The van der Waals surface area contributed by atoms with E-state index in [0.29, 0.717) is 17.8 Å². The van der Waals surface area contributed by atoms with Crippen molar-refractivity contribution in [1.29, 1.82) is 0 Å². The molecule has 112 valence electrons. The molecule has 0 heterocycles. The summed E-state index contributed by atoms with van der Waals surface area (Å²) >= 11 is 1.60. The predicted molar refractivity (Wildman–Crippen MR) is 86.3 cm³/mol. The highest BCUT2D eigenvalue weighted by Gasteiger charge is 2.16. The van der Waals surface area contributed by atoms with E-state index in [4.69, 9.17) is 5.73 Å². The Morgan fingerprint density at radius 1 is 1.50 bits per heavy atom. The second kappa shape index (κ2) is 8.01. The minimum absolute atomic E-state index is 0.0765. The van der Waals surface area contributed by atoms with Crippen molar-refractivity contribution in [3.8, 4) is 0 Å². The number of thioether (sulfide) groups is 1. The van der Waals surface area contributed by atoms with Crippen molar-refractivity contribution in [2.75, 3.05) is 30.5 Å². The van der Waals surface area contributed by atoms with Crippen molar-refractivity contribution in [2.24, 2.45) is 0 Å². The largest absolute Gasteiger partial charge is 0.397 e. The van der Waals surface area contributed by atoms with Gasteiger partial charge in [0.2, 0.25) is 0 Å². The second-order valence-electron chi connectivity index (χ2n) is 4.55. The van der Waals surface area contributed by atoms with Crippen LogP contribution in [0.15, 0.2) is 18.2 Å². The van der Waals surface area contributed by atoms with Crippen LogP contribution in [0.1, 0.15) is 24.2 Å². The molecule has 0 aliphatic carbocycles. The fourth-order valence-corrected chi connectivity index (χ4v) is 2.50. The van der Waals surface area contributed by atoms with Gasteiger partial charge in [-0.2, -0.15) is 11.8 Å². The van der Waals surface area contributed by atoms with Gasteiger partial charge in [-0.05, 0) is 38.3 Å². The number of amides is 1. The fourth-order valence-electron chi connectivity index (χ4n) is 1.87. The molecule has 20 heavy (non-hydrogen) atoms. The lowest BCUT2D eigenvalue weighted by Crippen LogP contribution is -2.31. The van der Waals surface area contributed by atoms with E-state index in [-0.39, 0.29) is 23.8 Å². The number of nitrogen functional groups attached to an aromatic ring is 1. The van der Waals surface area contributed by atoms with Crippen LogP contribution in [0.25, 0.3) is 0 Å². The average molecular weight is 297 g/mol. The lowest BCUT2D eigenvalue weighted by Gasteiger charge is -2.23. The topological polar surface area (TPSA) is 87.4 Å². The molecule has 1 rings (SSSR count). The molecular weight excluding hydrogens is 274 g/mol. The van der Waals surface area contributed by atoms with Crippen LogP contribution in [0.3, 0.4) is 0 Å². The van der Waals surface area contributed by atoms with Crippen LogP contribution in [-0.2, 0) is 0 Å². The summed E-state index contributed by atoms with van der Waals surface area (Å²) in [6.07, 6.45) is 1.96. The van der Waals surface area contributed by atoms with E-state index in [1.54, 1.807) is 30.0 Å². The predicted octanol–water partition coefficient (Wildman–Crippen LogP) is 1.54. The van der Waals surface area contributed by atoms with Crippen LogP contribution in [0, 0.1) is 0 Å². The summed E-state index contributed by atoms with van der Waals surface area (Å²) in [5.41, 5.74) is 7.82. The molecule has 1 amide bonds. The smallest absolute Gasteiger partial charge is 0.251 e. The Morgan fingerprint density at radius 2 is 2.20 bits per heavy atom. The van der Waals surface area contributed by atoms with Crippen LogP contribution >= 0.6 is 11.8 Å². The number of benzene rings is 1. The fraction of sp³-hybridized carbons (Fsp3) is 0.500. The summed E-state index contributed by atoms with van der Waals surface area (Å²) in [5.74, 6) is -0.129. The van der Waals surface area contributed by atoms with E-state index in [0.717, 1.165) is 5.69 Å². The number of hydrogen-bond acceptors (Lipinski definition) is 5. The number of hydrogen-bond donors (Lipinski definition) is 4. The van der Waals surface area contributed by atoms with E-state index in [1.165, 1.54) is 0 Å². The lowest BCUT2D eigenvalue weighted by molar-refractivity contribution is 0.0956. The van der Waals surface area contributed by atoms with E-state index in [2.05, 4.69) is 10.6 Å². The van der Waals surface area contributed by atoms with Crippen LogP contribution in [0.2, 0.25) is 0 Å². The Labute approximate surface area is 124 Å². The summed E-state index contributed by atoms with van der Waals surface area (Å²) in [6.45, 7) is 4.55. The number of carbonyl (C=O) groups is 1. The van der Waals surface area contributed by atoms with Crippen molar-refractivity contribution in [2.45, 2.75) is 25.1 Å². The molecule has 0 aromatic heterocycles. The maximum atomic E-state index is 11.7. The molecule has 6 heteroatoms. The Balaban J connectivity index is 2.80. The summed E-state index contributed by atoms with van der Waals surface area (Å²) in [6, 6.07) is 5.27. The van der Waals surface area contributed by atoms with Gasteiger partial charge >= 0.3 is 0 Å². The maximum Gasteiger partial charge on any atom is 0.251 e. The van der Waals surface area contributed by atoms with E-state index < -0.39 is 0 Å². The molecule has 1 aromatic carbocycles. The number of anilines is 2. The Bertz CT molecular complexity index is 450. The highest BCUT2D eigenvalue weighted by atomic mass is 32.2. The first-order valence-corrected chi connectivity index (χ1v) is 7.90. The van der Waals surface area contributed by atoms with Gasteiger partial charge in [0.25, 0.3) is 5.91 Å². The third kappa shape index (κ3) is 4.31. The molecule has 0 bridgehead atoms. The summed E-state index contributed by atoms with van der Waals surface area (Å²) in [4.78, 5) is 11.7. The first-order valence-electron chi connectivity index (χ1n) is 6.61. The minimum atomic E-state index is -0.129. The summed E-state index contributed by atoms with van der Waals surface area (Å²) in [5, 5.41) is 15.4. The van der Waals surface area contributed by atoms with Gasteiger partial charge in [0.05, 0.1) is 18.0 Å². The van der Waals surface area contributed by atoms with Crippen molar-refractivity contribution in [1.82, 2.24) is 5.32 Å². The number of aliphatic hydroxyl groups is 1. The van der Waals surface area contributed by atoms with Gasteiger partial charge < -0.3 is 21.5 Å². The first kappa shape index (κ1) is 16.7. The standard InChI is InChI=1S/C14H23N3O2S/c1-4-16-14(19)10-5-6-12(11(15)7-10)17-9(2)13(8-18)20-3/h5-7,9,13,17-18H,4,8,15H2,1-3H3,(H,16,19). The van der Waals surface area contributed by atoms with Crippen molar-refractivity contribution >= 4 is 29.0 Å². The summed E-state index contributed by atoms with van der Waals surface area (Å²) in [7, 11) is 0. The van der Waals surface area contributed by atoms with Gasteiger partial charge in [-0.3, -0.25) is 4.79 Å². The second-order valence-corrected chi connectivity index (χ2v) is 5.63. The highest BCUT2D eigenvalue weighted by Crippen LogP contribution is 2.23.